The van der Waals surface area contributed by atoms with E-state index in [0.717, 1.165) is 20.7 Å². The number of anilines is 1. The molecule has 0 unspecified atom stereocenters. The number of aromatic nitrogens is 2. The number of hydrogen-bond donors (Lipinski definition) is 1. The molecule has 0 aliphatic carbocycles. The van der Waals surface area contributed by atoms with Crippen LogP contribution in [0.25, 0.3) is 0 Å². The number of aryl methyl sites for hydroxylation is 1. The third-order valence-corrected chi connectivity index (χ3v) is 4.65. The molecule has 0 aliphatic heterocycles. The Bertz CT molecular complexity index is 744. The summed E-state index contributed by atoms with van der Waals surface area (Å²) in [6, 6.07) is 11.4. The van der Waals surface area contributed by atoms with Crippen LogP contribution in [-0.4, -0.2) is 9.97 Å². The third-order valence-electron chi connectivity index (χ3n) is 2.63. The van der Waals surface area contributed by atoms with Gasteiger partial charge in [-0.25, -0.2) is 9.97 Å². The second kappa shape index (κ2) is 6.15. The molecule has 0 bridgehead atoms. The summed E-state index contributed by atoms with van der Waals surface area (Å²) in [5.41, 5.74) is 6.90. The molecule has 1 aromatic carbocycles. The normalized spacial score (nSPS) is 10.5. The summed E-state index contributed by atoms with van der Waals surface area (Å²) in [4.78, 5) is 9.56. The van der Waals surface area contributed by atoms with Crippen molar-refractivity contribution < 1.29 is 4.74 Å². The summed E-state index contributed by atoms with van der Waals surface area (Å²) < 4.78 is 6.75. The first-order chi connectivity index (χ1) is 10.2. The maximum atomic E-state index is 5.88. The van der Waals surface area contributed by atoms with E-state index in [1.807, 2.05) is 48.7 Å². The number of ether oxygens (including phenoxy) is 1. The third kappa shape index (κ3) is 3.53. The Hall–Kier alpha value is -2.05. The minimum Gasteiger partial charge on any atom is -0.453 e. The van der Waals surface area contributed by atoms with Crippen molar-refractivity contribution in [2.24, 2.45) is 0 Å². The van der Waals surface area contributed by atoms with Crippen LogP contribution < -0.4 is 10.5 Å². The maximum absolute atomic E-state index is 5.88. The van der Waals surface area contributed by atoms with Gasteiger partial charge in [0.2, 0.25) is 0 Å². The standard InChI is InChI=1S/C15H13N3OS2/c1-10-9-20-15(18-10)21-12-7-13(14(16)17-8-12)19-11-5-3-2-4-6-11/h2-9H,1H3,(H2,16,17). The molecule has 21 heavy (non-hydrogen) atoms. The van der Waals surface area contributed by atoms with E-state index in [0.29, 0.717) is 11.6 Å². The molecule has 0 atom stereocenters. The number of nitrogens with zero attached hydrogens (tertiary/aromatic N) is 2. The second-order valence-electron chi connectivity index (χ2n) is 4.33. The van der Waals surface area contributed by atoms with Gasteiger partial charge >= 0.3 is 0 Å². The number of rotatable bonds is 4. The van der Waals surface area contributed by atoms with E-state index >= 15 is 0 Å². The van der Waals surface area contributed by atoms with Crippen LogP contribution in [0.3, 0.4) is 0 Å². The van der Waals surface area contributed by atoms with Gasteiger partial charge in [-0.3, -0.25) is 0 Å². The minimum atomic E-state index is 0.374. The van der Waals surface area contributed by atoms with Crippen LogP contribution in [0.1, 0.15) is 5.69 Å². The summed E-state index contributed by atoms with van der Waals surface area (Å²) in [6.07, 6.45) is 1.73. The van der Waals surface area contributed by atoms with Crippen molar-refractivity contribution in [2.75, 3.05) is 5.73 Å². The molecule has 0 fully saturated rings. The van der Waals surface area contributed by atoms with Gasteiger partial charge in [0.05, 0.1) is 0 Å². The summed E-state index contributed by atoms with van der Waals surface area (Å²) in [5.74, 6) is 1.66. The fraction of sp³-hybridized carbons (Fsp3) is 0.0667. The predicted molar refractivity (Wildman–Crippen MR) is 86.1 cm³/mol. The number of nitrogen functional groups attached to an aromatic ring is 1. The van der Waals surface area contributed by atoms with Crippen LogP contribution in [0, 0.1) is 6.92 Å². The van der Waals surface area contributed by atoms with Gasteiger partial charge in [-0.2, -0.15) is 0 Å². The van der Waals surface area contributed by atoms with Crippen molar-refractivity contribution in [3.05, 3.63) is 53.7 Å². The highest BCUT2D eigenvalue weighted by molar-refractivity contribution is 8.01. The van der Waals surface area contributed by atoms with Crippen LogP contribution in [-0.2, 0) is 0 Å². The fourth-order valence-electron chi connectivity index (χ4n) is 1.67. The Labute approximate surface area is 131 Å². The summed E-state index contributed by atoms with van der Waals surface area (Å²) in [6.45, 7) is 1.98. The largest absolute Gasteiger partial charge is 0.453 e. The highest BCUT2D eigenvalue weighted by Gasteiger charge is 2.08. The quantitative estimate of drug-likeness (QED) is 0.774. The van der Waals surface area contributed by atoms with Crippen molar-refractivity contribution in [1.29, 1.82) is 0 Å². The lowest BCUT2D eigenvalue weighted by Crippen LogP contribution is -1.95. The van der Waals surface area contributed by atoms with E-state index in [2.05, 4.69) is 9.97 Å². The van der Waals surface area contributed by atoms with Crippen molar-refractivity contribution in [3.8, 4) is 11.5 Å². The lowest BCUT2D eigenvalue weighted by atomic mass is 10.3. The number of nitrogens with two attached hydrogens (primary N) is 1. The van der Waals surface area contributed by atoms with E-state index in [1.54, 1.807) is 29.3 Å². The lowest BCUT2D eigenvalue weighted by molar-refractivity contribution is 0.481. The molecule has 4 nitrogen and oxygen atoms in total. The van der Waals surface area contributed by atoms with E-state index < -0.39 is 0 Å². The molecule has 0 radical (unpaired) electrons. The lowest BCUT2D eigenvalue weighted by Gasteiger charge is -2.08. The molecule has 0 saturated heterocycles. The highest BCUT2D eigenvalue weighted by Crippen LogP contribution is 2.34. The second-order valence-corrected chi connectivity index (χ2v) is 6.51. The number of benzene rings is 1. The molecule has 0 amide bonds. The Kier molecular flexibility index (Phi) is 4.08. The summed E-state index contributed by atoms with van der Waals surface area (Å²) >= 11 is 3.16. The molecule has 6 heteroatoms. The number of hydrogen-bond acceptors (Lipinski definition) is 6. The van der Waals surface area contributed by atoms with Gasteiger partial charge in [0.25, 0.3) is 0 Å². The fourth-order valence-corrected chi connectivity index (χ4v) is 3.48. The van der Waals surface area contributed by atoms with Gasteiger partial charge in [-0.15, -0.1) is 11.3 Å². The van der Waals surface area contributed by atoms with Crippen molar-refractivity contribution in [2.45, 2.75) is 16.2 Å². The molecular formula is C15H13N3OS2. The van der Waals surface area contributed by atoms with Gasteiger partial charge in [-0.05, 0) is 19.1 Å². The topological polar surface area (TPSA) is 61.0 Å². The molecule has 2 N–H and O–H groups in total. The summed E-state index contributed by atoms with van der Waals surface area (Å²) in [5, 5.41) is 2.02. The zero-order chi connectivity index (χ0) is 14.7. The van der Waals surface area contributed by atoms with Crippen molar-refractivity contribution in [1.82, 2.24) is 9.97 Å². The summed E-state index contributed by atoms with van der Waals surface area (Å²) in [7, 11) is 0. The molecule has 3 rings (SSSR count). The molecular weight excluding hydrogens is 302 g/mol. The van der Waals surface area contributed by atoms with Gasteiger partial charge < -0.3 is 10.5 Å². The van der Waals surface area contributed by atoms with Crippen LogP contribution in [0.15, 0.2) is 57.2 Å². The predicted octanol–water partition coefficient (Wildman–Crippen LogP) is 4.37. The zero-order valence-corrected chi connectivity index (χ0v) is 12.9. The van der Waals surface area contributed by atoms with Crippen molar-refractivity contribution >= 4 is 28.9 Å². The highest BCUT2D eigenvalue weighted by atomic mass is 32.2. The first-order valence-electron chi connectivity index (χ1n) is 6.29. The molecule has 0 saturated carbocycles. The number of thiazole rings is 1. The average Bonchev–Trinajstić information content (AvgIpc) is 2.89. The number of pyridine rings is 1. The van der Waals surface area contributed by atoms with E-state index in [-0.39, 0.29) is 0 Å². The van der Waals surface area contributed by atoms with Gasteiger partial charge in [-0.1, -0.05) is 30.0 Å². The van der Waals surface area contributed by atoms with Gasteiger partial charge in [0.1, 0.15) is 5.75 Å². The Balaban J connectivity index is 1.82. The monoisotopic (exact) mass is 315 g/mol. The van der Waals surface area contributed by atoms with E-state index in [4.69, 9.17) is 10.5 Å². The van der Waals surface area contributed by atoms with Crippen molar-refractivity contribution in [3.63, 3.8) is 0 Å². The molecule has 2 aromatic heterocycles. The number of para-hydroxylation sites is 1. The first kappa shape index (κ1) is 13.9. The van der Waals surface area contributed by atoms with Gasteiger partial charge in [0.15, 0.2) is 15.9 Å². The molecule has 2 heterocycles. The maximum Gasteiger partial charge on any atom is 0.170 e. The Morgan fingerprint density at radius 3 is 2.76 bits per heavy atom. The van der Waals surface area contributed by atoms with Crippen LogP contribution in [0.2, 0.25) is 0 Å². The molecule has 106 valence electrons. The van der Waals surface area contributed by atoms with E-state index in [1.165, 1.54) is 0 Å². The average molecular weight is 315 g/mol. The molecule has 0 aliphatic rings. The Morgan fingerprint density at radius 1 is 1.24 bits per heavy atom. The van der Waals surface area contributed by atoms with Gasteiger partial charge in [0, 0.05) is 28.2 Å². The van der Waals surface area contributed by atoms with Crippen LogP contribution >= 0.6 is 23.1 Å². The molecule has 3 aromatic rings. The van der Waals surface area contributed by atoms with Crippen LogP contribution in [0.4, 0.5) is 5.82 Å². The molecule has 0 spiro atoms. The Morgan fingerprint density at radius 2 is 2.05 bits per heavy atom. The van der Waals surface area contributed by atoms with Crippen LogP contribution in [0.5, 0.6) is 11.5 Å². The van der Waals surface area contributed by atoms with E-state index in [9.17, 15) is 0 Å². The smallest absolute Gasteiger partial charge is 0.170 e. The zero-order valence-electron chi connectivity index (χ0n) is 11.3. The SMILES string of the molecule is Cc1csc(Sc2cnc(N)c(Oc3ccccc3)c2)n1. The first-order valence-corrected chi connectivity index (χ1v) is 7.99. The minimum absolute atomic E-state index is 0.374.